The zero-order chi connectivity index (χ0) is 11.8. The minimum atomic E-state index is 0.632. The Morgan fingerprint density at radius 3 is 2.00 bits per heavy atom. The molecular weight excluding hydrogens is 184 g/mol. The van der Waals surface area contributed by atoms with Crippen molar-refractivity contribution in [3.05, 3.63) is 0 Å². The Morgan fingerprint density at radius 2 is 1.60 bits per heavy atom. The lowest BCUT2D eigenvalue weighted by Gasteiger charge is -2.28. The van der Waals surface area contributed by atoms with E-state index in [-0.39, 0.29) is 0 Å². The lowest BCUT2D eigenvalue weighted by Crippen LogP contribution is -2.42. The molecule has 1 unspecified atom stereocenters. The highest BCUT2D eigenvalue weighted by atomic mass is 15.1. The van der Waals surface area contributed by atoms with E-state index in [0.29, 0.717) is 12.1 Å². The first-order valence-electron chi connectivity index (χ1n) is 6.44. The van der Waals surface area contributed by atoms with Gasteiger partial charge in [-0.1, -0.05) is 27.7 Å². The van der Waals surface area contributed by atoms with Crippen LogP contribution in [0.3, 0.4) is 0 Å². The maximum atomic E-state index is 3.63. The van der Waals surface area contributed by atoms with Crippen LogP contribution in [0.25, 0.3) is 0 Å². The van der Waals surface area contributed by atoms with Crippen LogP contribution in [-0.4, -0.2) is 37.1 Å². The summed E-state index contributed by atoms with van der Waals surface area (Å²) in [5.41, 5.74) is 0. The second-order valence-corrected chi connectivity index (χ2v) is 5.10. The van der Waals surface area contributed by atoms with Crippen LogP contribution in [0.1, 0.15) is 47.5 Å². The predicted octanol–water partition coefficient (Wildman–Crippen LogP) is 2.74. The monoisotopic (exact) mass is 214 g/mol. The Labute approximate surface area is 96.4 Å². The van der Waals surface area contributed by atoms with E-state index in [9.17, 15) is 0 Å². The molecule has 0 heterocycles. The minimum absolute atomic E-state index is 0.632. The number of nitrogens with one attached hydrogen (secondary N) is 1. The van der Waals surface area contributed by atoms with Gasteiger partial charge in [-0.2, -0.15) is 0 Å². The summed E-state index contributed by atoms with van der Waals surface area (Å²) in [7, 11) is 2.22. The molecule has 0 saturated carbocycles. The number of likely N-dealkylation sites (N-methyl/N-ethyl adjacent to an activating group) is 1. The van der Waals surface area contributed by atoms with Crippen molar-refractivity contribution < 1.29 is 0 Å². The van der Waals surface area contributed by atoms with Gasteiger partial charge in [0.05, 0.1) is 0 Å². The fourth-order valence-electron chi connectivity index (χ4n) is 1.83. The molecule has 0 saturated heterocycles. The standard InChI is InChI=1S/C13H30N2/c1-7-13(8-2)14-9-12(5)15(6)10-11(3)4/h11-14H,7-10H2,1-6H3. The van der Waals surface area contributed by atoms with Crippen molar-refractivity contribution >= 4 is 0 Å². The first-order chi connectivity index (χ1) is 7.01. The van der Waals surface area contributed by atoms with Crippen LogP contribution >= 0.6 is 0 Å². The zero-order valence-corrected chi connectivity index (χ0v) is 11.5. The quantitative estimate of drug-likeness (QED) is 0.668. The highest BCUT2D eigenvalue weighted by Crippen LogP contribution is 2.02. The summed E-state index contributed by atoms with van der Waals surface area (Å²) in [6.45, 7) is 13.7. The third-order valence-corrected chi connectivity index (χ3v) is 3.09. The summed E-state index contributed by atoms with van der Waals surface area (Å²) in [4.78, 5) is 2.44. The summed E-state index contributed by atoms with van der Waals surface area (Å²) < 4.78 is 0. The van der Waals surface area contributed by atoms with E-state index in [2.05, 4.69) is 51.9 Å². The molecule has 0 amide bonds. The third kappa shape index (κ3) is 6.91. The van der Waals surface area contributed by atoms with E-state index in [1.165, 1.54) is 19.4 Å². The van der Waals surface area contributed by atoms with E-state index >= 15 is 0 Å². The summed E-state index contributed by atoms with van der Waals surface area (Å²) >= 11 is 0. The molecule has 0 aromatic heterocycles. The lowest BCUT2D eigenvalue weighted by atomic mass is 10.1. The minimum Gasteiger partial charge on any atom is -0.312 e. The van der Waals surface area contributed by atoms with Gasteiger partial charge in [0.25, 0.3) is 0 Å². The van der Waals surface area contributed by atoms with Crippen molar-refractivity contribution in [3.63, 3.8) is 0 Å². The van der Waals surface area contributed by atoms with Crippen molar-refractivity contribution in [1.29, 1.82) is 0 Å². The SMILES string of the molecule is CCC(CC)NCC(C)N(C)CC(C)C. The summed E-state index contributed by atoms with van der Waals surface area (Å²) in [5.74, 6) is 0.755. The molecule has 0 aliphatic heterocycles. The number of rotatable bonds is 8. The average molecular weight is 214 g/mol. The van der Waals surface area contributed by atoms with Crippen LogP contribution in [0.2, 0.25) is 0 Å². The Bertz CT molecular complexity index is 141. The third-order valence-electron chi connectivity index (χ3n) is 3.09. The van der Waals surface area contributed by atoms with E-state index in [1.807, 2.05) is 0 Å². The Hall–Kier alpha value is -0.0800. The molecule has 15 heavy (non-hydrogen) atoms. The van der Waals surface area contributed by atoms with Crippen LogP contribution in [0.15, 0.2) is 0 Å². The molecule has 0 aliphatic carbocycles. The van der Waals surface area contributed by atoms with Crippen LogP contribution < -0.4 is 5.32 Å². The Kier molecular flexibility index (Phi) is 8.07. The molecule has 2 heteroatoms. The predicted molar refractivity (Wildman–Crippen MR) is 69.3 cm³/mol. The lowest BCUT2D eigenvalue weighted by molar-refractivity contribution is 0.219. The fraction of sp³-hybridized carbons (Fsp3) is 1.00. The number of nitrogens with zero attached hydrogens (tertiary/aromatic N) is 1. The van der Waals surface area contributed by atoms with Gasteiger partial charge < -0.3 is 10.2 Å². The summed E-state index contributed by atoms with van der Waals surface area (Å²) in [6, 6.07) is 1.33. The van der Waals surface area contributed by atoms with Gasteiger partial charge in [0, 0.05) is 25.2 Å². The maximum absolute atomic E-state index is 3.63. The smallest absolute Gasteiger partial charge is 0.0189 e. The molecule has 0 aromatic carbocycles. The fourth-order valence-corrected chi connectivity index (χ4v) is 1.83. The molecule has 1 N–H and O–H groups in total. The van der Waals surface area contributed by atoms with Gasteiger partial charge >= 0.3 is 0 Å². The van der Waals surface area contributed by atoms with Crippen molar-refractivity contribution in [2.45, 2.75) is 59.5 Å². The van der Waals surface area contributed by atoms with Gasteiger partial charge in [0.15, 0.2) is 0 Å². The van der Waals surface area contributed by atoms with Gasteiger partial charge in [0.1, 0.15) is 0 Å². The van der Waals surface area contributed by atoms with Crippen LogP contribution in [-0.2, 0) is 0 Å². The van der Waals surface area contributed by atoms with E-state index < -0.39 is 0 Å². The van der Waals surface area contributed by atoms with E-state index in [4.69, 9.17) is 0 Å². The molecule has 0 fully saturated rings. The van der Waals surface area contributed by atoms with Gasteiger partial charge in [0.2, 0.25) is 0 Å². The first-order valence-corrected chi connectivity index (χ1v) is 6.44. The molecule has 0 rings (SSSR count). The normalized spacial score (nSPS) is 14.2. The van der Waals surface area contributed by atoms with Gasteiger partial charge in [-0.05, 0) is 32.7 Å². The number of hydrogen-bond acceptors (Lipinski definition) is 2. The zero-order valence-electron chi connectivity index (χ0n) is 11.5. The largest absolute Gasteiger partial charge is 0.312 e. The molecule has 0 radical (unpaired) electrons. The molecule has 92 valence electrons. The van der Waals surface area contributed by atoms with Crippen LogP contribution in [0.5, 0.6) is 0 Å². The average Bonchev–Trinajstić information content (AvgIpc) is 2.18. The van der Waals surface area contributed by atoms with Gasteiger partial charge in [-0.25, -0.2) is 0 Å². The van der Waals surface area contributed by atoms with Crippen LogP contribution in [0.4, 0.5) is 0 Å². The molecule has 1 atom stereocenters. The van der Waals surface area contributed by atoms with Gasteiger partial charge in [-0.15, -0.1) is 0 Å². The molecular formula is C13H30N2. The molecule has 0 spiro atoms. The Balaban J connectivity index is 3.76. The van der Waals surface area contributed by atoms with E-state index in [0.717, 1.165) is 12.5 Å². The molecule has 2 nitrogen and oxygen atoms in total. The summed E-state index contributed by atoms with van der Waals surface area (Å²) in [5, 5.41) is 3.63. The maximum Gasteiger partial charge on any atom is 0.0189 e. The summed E-state index contributed by atoms with van der Waals surface area (Å²) in [6.07, 6.45) is 2.47. The van der Waals surface area contributed by atoms with Crippen molar-refractivity contribution in [1.82, 2.24) is 10.2 Å². The first kappa shape index (κ1) is 14.9. The number of hydrogen-bond donors (Lipinski definition) is 1. The van der Waals surface area contributed by atoms with Crippen molar-refractivity contribution in [2.75, 3.05) is 20.1 Å². The Morgan fingerprint density at radius 1 is 1.07 bits per heavy atom. The van der Waals surface area contributed by atoms with Crippen molar-refractivity contribution in [2.24, 2.45) is 5.92 Å². The highest BCUT2D eigenvalue weighted by Gasteiger charge is 2.11. The van der Waals surface area contributed by atoms with Gasteiger partial charge in [-0.3, -0.25) is 0 Å². The van der Waals surface area contributed by atoms with E-state index in [1.54, 1.807) is 0 Å². The molecule has 0 aromatic rings. The highest BCUT2D eigenvalue weighted by molar-refractivity contribution is 4.71. The van der Waals surface area contributed by atoms with Crippen LogP contribution in [0, 0.1) is 5.92 Å². The second kappa shape index (κ2) is 8.12. The second-order valence-electron chi connectivity index (χ2n) is 5.10. The van der Waals surface area contributed by atoms with Crippen molar-refractivity contribution in [3.8, 4) is 0 Å². The topological polar surface area (TPSA) is 15.3 Å². The molecule has 0 aliphatic rings. The molecule has 0 bridgehead atoms.